The minimum atomic E-state index is -0.367. The van der Waals surface area contributed by atoms with Crippen LogP contribution in [0.25, 0.3) is 16.2 Å². The number of carbonyl (C=O) groups is 1. The Hall–Kier alpha value is -2.78. The van der Waals surface area contributed by atoms with Gasteiger partial charge in [0.1, 0.15) is 5.69 Å². The lowest BCUT2D eigenvalue weighted by Gasteiger charge is -2.03. The number of nitrogens with one attached hydrogen (secondary N) is 1. The maximum Gasteiger partial charge on any atom is 0.273 e. The number of aromatic nitrogens is 6. The fourth-order valence-electron chi connectivity index (χ4n) is 2.46. The molecule has 0 bridgehead atoms. The molecule has 0 aliphatic rings. The molecule has 4 aromatic rings. The first-order valence-corrected chi connectivity index (χ1v) is 9.18. The molecule has 0 fully saturated rings. The van der Waals surface area contributed by atoms with Crippen molar-refractivity contribution in [3.63, 3.8) is 0 Å². The van der Waals surface area contributed by atoms with Gasteiger partial charge in [-0.15, -0.1) is 21.5 Å². The third kappa shape index (κ3) is 3.06. The quantitative estimate of drug-likeness (QED) is 0.568. The number of amides is 1. The van der Waals surface area contributed by atoms with Crippen molar-refractivity contribution >= 4 is 34.5 Å². The minimum absolute atomic E-state index is 0.163. The van der Waals surface area contributed by atoms with Crippen LogP contribution in [-0.4, -0.2) is 35.5 Å². The Morgan fingerprint density at radius 2 is 2.15 bits per heavy atom. The number of nitrogens with zero attached hydrogens (tertiary/aromatic N) is 6. The summed E-state index contributed by atoms with van der Waals surface area (Å²) in [5.41, 5.74) is 1.63. The molecule has 4 rings (SSSR count). The van der Waals surface area contributed by atoms with Gasteiger partial charge in [0.05, 0.1) is 16.4 Å². The highest BCUT2D eigenvalue weighted by Crippen LogP contribution is 2.22. The fourth-order valence-corrected chi connectivity index (χ4v) is 3.38. The average Bonchev–Trinajstić information content (AvgIpc) is 3.38. The van der Waals surface area contributed by atoms with Gasteiger partial charge < -0.3 is 5.32 Å². The second-order valence-corrected chi connectivity index (χ2v) is 6.80. The summed E-state index contributed by atoms with van der Waals surface area (Å²) in [6.45, 7) is 2.72. The second kappa shape index (κ2) is 6.85. The SMILES string of the molecule is CCn1cc(Cl)c(C(=O)NCc2nnc3ccc(-c4cccs4)nn23)n1. The molecule has 10 heteroatoms. The van der Waals surface area contributed by atoms with Crippen LogP contribution in [-0.2, 0) is 13.1 Å². The van der Waals surface area contributed by atoms with Crippen molar-refractivity contribution < 1.29 is 4.79 Å². The second-order valence-electron chi connectivity index (χ2n) is 5.45. The van der Waals surface area contributed by atoms with Crippen molar-refractivity contribution in [3.8, 4) is 10.6 Å². The molecule has 0 saturated carbocycles. The summed E-state index contributed by atoms with van der Waals surface area (Å²) in [4.78, 5) is 13.4. The zero-order chi connectivity index (χ0) is 18.1. The number of hydrogen-bond donors (Lipinski definition) is 1. The van der Waals surface area contributed by atoms with E-state index >= 15 is 0 Å². The zero-order valence-corrected chi connectivity index (χ0v) is 15.3. The van der Waals surface area contributed by atoms with Gasteiger partial charge in [0.25, 0.3) is 5.91 Å². The molecule has 0 unspecified atom stereocenters. The fraction of sp³-hybridized carbons (Fsp3) is 0.188. The molecule has 4 aromatic heterocycles. The summed E-state index contributed by atoms with van der Waals surface area (Å²) in [6, 6.07) is 7.71. The highest BCUT2D eigenvalue weighted by molar-refractivity contribution is 7.13. The minimum Gasteiger partial charge on any atom is -0.343 e. The lowest BCUT2D eigenvalue weighted by molar-refractivity contribution is 0.0944. The van der Waals surface area contributed by atoms with E-state index < -0.39 is 0 Å². The summed E-state index contributed by atoms with van der Waals surface area (Å²) in [7, 11) is 0. The van der Waals surface area contributed by atoms with Crippen molar-refractivity contribution in [1.82, 2.24) is 34.9 Å². The number of carbonyl (C=O) groups excluding carboxylic acids is 1. The van der Waals surface area contributed by atoms with E-state index in [-0.39, 0.29) is 18.1 Å². The van der Waals surface area contributed by atoms with E-state index in [1.165, 1.54) is 0 Å². The Morgan fingerprint density at radius 3 is 2.88 bits per heavy atom. The van der Waals surface area contributed by atoms with Gasteiger partial charge in [-0.3, -0.25) is 9.48 Å². The lowest BCUT2D eigenvalue weighted by atomic mass is 10.3. The third-order valence-corrected chi connectivity index (χ3v) is 4.93. The third-order valence-electron chi connectivity index (χ3n) is 3.76. The van der Waals surface area contributed by atoms with Gasteiger partial charge in [-0.2, -0.15) is 14.7 Å². The van der Waals surface area contributed by atoms with E-state index in [0.29, 0.717) is 23.0 Å². The first kappa shape index (κ1) is 16.7. The highest BCUT2D eigenvalue weighted by atomic mass is 35.5. The van der Waals surface area contributed by atoms with E-state index in [0.717, 1.165) is 10.6 Å². The van der Waals surface area contributed by atoms with Crippen LogP contribution < -0.4 is 5.32 Å². The van der Waals surface area contributed by atoms with Crippen LogP contribution >= 0.6 is 22.9 Å². The largest absolute Gasteiger partial charge is 0.343 e. The molecule has 26 heavy (non-hydrogen) atoms. The summed E-state index contributed by atoms with van der Waals surface area (Å²) in [5.74, 6) is 0.158. The maximum atomic E-state index is 12.3. The Labute approximate surface area is 157 Å². The molecule has 1 N–H and O–H groups in total. The molecule has 0 aromatic carbocycles. The van der Waals surface area contributed by atoms with E-state index in [2.05, 4.69) is 25.7 Å². The average molecular weight is 388 g/mol. The van der Waals surface area contributed by atoms with Crippen LogP contribution in [0.5, 0.6) is 0 Å². The molecule has 4 heterocycles. The molecule has 0 aliphatic heterocycles. The monoisotopic (exact) mass is 387 g/mol. The molecule has 8 nitrogen and oxygen atoms in total. The number of hydrogen-bond acceptors (Lipinski definition) is 6. The number of fused-ring (bicyclic) bond motifs is 1. The van der Waals surface area contributed by atoms with Crippen LogP contribution in [0.1, 0.15) is 23.2 Å². The van der Waals surface area contributed by atoms with Gasteiger partial charge in [0.15, 0.2) is 17.2 Å². The van der Waals surface area contributed by atoms with E-state index in [1.54, 1.807) is 26.7 Å². The van der Waals surface area contributed by atoms with Gasteiger partial charge in [-0.25, -0.2) is 0 Å². The number of rotatable bonds is 5. The van der Waals surface area contributed by atoms with Gasteiger partial charge in [0, 0.05) is 12.7 Å². The van der Waals surface area contributed by atoms with Crippen molar-refractivity contribution in [2.24, 2.45) is 0 Å². The van der Waals surface area contributed by atoms with Gasteiger partial charge in [-0.1, -0.05) is 17.7 Å². The van der Waals surface area contributed by atoms with Gasteiger partial charge in [-0.05, 0) is 30.5 Å². The molecule has 0 spiro atoms. The van der Waals surface area contributed by atoms with Gasteiger partial charge in [0.2, 0.25) is 0 Å². The number of aryl methyl sites for hydroxylation is 1. The highest BCUT2D eigenvalue weighted by Gasteiger charge is 2.16. The normalized spacial score (nSPS) is 11.2. The predicted octanol–water partition coefficient (Wildman–Crippen LogP) is 2.65. The number of halogens is 1. The topological polar surface area (TPSA) is 90.0 Å². The first-order valence-electron chi connectivity index (χ1n) is 7.92. The van der Waals surface area contributed by atoms with Crippen LogP contribution in [0, 0.1) is 0 Å². The maximum absolute atomic E-state index is 12.3. The Kier molecular flexibility index (Phi) is 4.39. The van der Waals surface area contributed by atoms with Crippen molar-refractivity contribution in [2.75, 3.05) is 0 Å². The Morgan fingerprint density at radius 1 is 1.27 bits per heavy atom. The van der Waals surface area contributed by atoms with Crippen LogP contribution in [0.4, 0.5) is 0 Å². The Bertz CT molecular complexity index is 1070. The molecule has 0 aliphatic carbocycles. The first-order chi connectivity index (χ1) is 12.7. The van der Waals surface area contributed by atoms with Crippen LogP contribution in [0.3, 0.4) is 0 Å². The van der Waals surface area contributed by atoms with E-state index in [4.69, 9.17) is 11.6 Å². The summed E-state index contributed by atoms with van der Waals surface area (Å²) in [6.07, 6.45) is 1.62. The Balaban J connectivity index is 1.56. The van der Waals surface area contributed by atoms with Crippen molar-refractivity contribution in [1.29, 1.82) is 0 Å². The standard InChI is InChI=1S/C16H14ClN7OS/c1-2-23-9-10(17)15(22-23)16(25)18-8-14-20-19-13-6-5-11(21-24(13)14)12-4-3-7-26-12/h3-7,9H,2,8H2,1H3,(H,18,25). The summed E-state index contributed by atoms with van der Waals surface area (Å²) in [5, 5.41) is 22.0. The van der Waals surface area contributed by atoms with Crippen LogP contribution in [0.2, 0.25) is 5.02 Å². The van der Waals surface area contributed by atoms with Crippen molar-refractivity contribution in [3.05, 3.63) is 52.4 Å². The predicted molar refractivity (Wildman–Crippen MR) is 98.2 cm³/mol. The number of thiophene rings is 1. The molecule has 1 amide bonds. The molecule has 132 valence electrons. The molecule has 0 saturated heterocycles. The summed E-state index contributed by atoms with van der Waals surface area (Å²) < 4.78 is 3.24. The van der Waals surface area contributed by atoms with E-state index in [1.807, 2.05) is 36.6 Å². The van der Waals surface area contributed by atoms with Crippen molar-refractivity contribution in [2.45, 2.75) is 20.0 Å². The zero-order valence-electron chi connectivity index (χ0n) is 13.8. The van der Waals surface area contributed by atoms with Crippen LogP contribution in [0.15, 0.2) is 35.8 Å². The summed E-state index contributed by atoms with van der Waals surface area (Å²) >= 11 is 7.67. The molecule has 0 radical (unpaired) electrons. The smallest absolute Gasteiger partial charge is 0.273 e. The van der Waals surface area contributed by atoms with Gasteiger partial charge >= 0.3 is 0 Å². The molecular formula is C16H14ClN7OS. The van der Waals surface area contributed by atoms with E-state index in [9.17, 15) is 4.79 Å². The molecular weight excluding hydrogens is 374 g/mol. The molecule has 0 atom stereocenters. The lowest BCUT2D eigenvalue weighted by Crippen LogP contribution is -2.25.